The fourth-order valence-electron chi connectivity index (χ4n) is 5.01. The highest BCUT2D eigenvalue weighted by Gasteiger charge is 2.35. The highest BCUT2D eigenvalue weighted by Crippen LogP contribution is 2.39. The van der Waals surface area contributed by atoms with E-state index in [9.17, 15) is 9.50 Å². The van der Waals surface area contributed by atoms with E-state index in [2.05, 4.69) is 21.6 Å². The molecule has 3 heterocycles. The van der Waals surface area contributed by atoms with Gasteiger partial charge in [0.05, 0.1) is 6.54 Å². The van der Waals surface area contributed by atoms with Gasteiger partial charge in [-0.05, 0) is 74.2 Å². The van der Waals surface area contributed by atoms with Crippen LogP contribution in [0.15, 0.2) is 42.5 Å². The molecule has 0 aliphatic carbocycles. The fraction of sp³-hybridized carbons (Fsp3) is 0.391. The molecule has 1 N–H and O–H groups in total. The minimum atomic E-state index is -1.10. The van der Waals surface area contributed by atoms with Gasteiger partial charge in [0.2, 0.25) is 0 Å². The summed E-state index contributed by atoms with van der Waals surface area (Å²) in [5, 5.41) is 13.2. The van der Waals surface area contributed by atoms with Crippen molar-refractivity contribution in [2.75, 3.05) is 6.54 Å². The molecular weight excluding hydrogens is 375 g/mol. The van der Waals surface area contributed by atoms with Gasteiger partial charge in [-0.3, -0.25) is 4.90 Å². The molecule has 5 rings (SSSR count). The van der Waals surface area contributed by atoms with Crippen LogP contribution in [0.4, 0.5) is 4.39 Å². The maximum Gasteiger partial charge on any atom is 0.123 e. The Kier molecular flexibility index (Phi) is 4.27. The molecule has 0 spiro atoms. The number of aromatic nitrogens is 1. The van der Waals surface area contributed by atoms with E-state index < -0.39 is 5.60 Å². The second-order valence-electron chi connectivity index (χ2n) is 8.42. The van der Waals surface area contributed by atoms with Gasteiger partial charge >= 0.3 is 0 Å². The monoisotopic (exact) mass is 398 g/mol. The van der Waals surface area contributed by atoms with Gasteiger partial charge in [0.15, 0.2) is 0 Å². The minimum Gasteiger partial charge on any atom is -0.384 e. The summed E-state index contributed by atoms with van der Waals surface area (Å²) in [6.45, 7) is 4.27. The molecule has 3 aromatic rings. The van der Waals surface area contributed by atoms with Crippen molar-refractivity contribution in [3.8, 4) is 0 Å². The lowest BCUT2D eigenvalue weighted by Crippen LogP contribution is -2.37. The molecule has 2 unspecified atom stereocenters. The van der Waals surface area contributed by atoms with Crippen LogP contribution in [0.2, 0.25) is 5.02 Å². The van der Waals surface area contributed by atoms with Gasteiger partial charge in [0.25, 0.3) is 0 Å². The third kappa shape index (κ3) is 2.95. The minimum absolute atomic E-state index is 0.293. The molecule has 28 heavy (non-hydrogen) atoms. The van der Waals surface area contributed by atoms with E-state index in [4.69, 9.17) is 11.6 Å². The van der Waals surface area contributed by atoms with Crippen LogP contribution in [0.5, 0.6) is 0 Å². The third-order valence-corrected chi connectivity index (χ3v) is 6.71. The van der Waals surface area contributed by atoms with Crippen molar-refractivity contribution in [1.82, 2.24) is 9.47 Å². The number of rotatable bonds is 3. The van der Waals surface area contributed by atoms with Crippen LogP contribution in [-0.2, 0) is 25.1 Å². The molecule has 0 amide bonds. The number of hydrogen-bond acceptors (Lipinski definition) is 2. The summed E-state index contributed by atoms with van der Waals surface area (Å²) in [5.74, 6) is -0.293. The van der Waals surface area contributed by atoms with Crippen LogP contribution < -0.4 is 0 Å². The molecule has 1 fully saturated rings. The second kappa shape index (κ2) is 6.58. The summed E-state index contributed by atoms with van der Waals surface area (Å²) in [6, 6.07) is 12.8. The summed E-state index contributed by atoms with van der Waals surface area (Å²) >= 11 is 6.32. The maximum absolute atomic E-state index is 13.3. The maximum atomic E-state index is 13.3. The first kappa shape index (κ1) is 18.2. The molecule has 1 aromatic heterocycles. The molecule has 3 nitrogen and oxygen atoms in total. The first-order valence-corrected chi connectivity index (χ1v) is 10.3. The molecule has 0 bridgehead atoms. The zero-order chi connectivity index (χ0) is 19.5. The quantitative estimate of drug-likeness (QED) is 0.682. The normalized spacial score (nSPS) is 21.5. The smallest absolute Gasteiger partial charge is 0.123 e. The highest BCUT2D eigenvalue weighted by molar-refractivity contribution is 6.31. The van der Waals surface area contributed by atoms with Gasteiger partial charge < -0.3 is 9.67 Å². The highest BCUT2D eigenvalue weighted by atomic mass is 35.5. The third-order valence-electron chi connectivity index (χ3n) is 6.47. The standard InChI is InChI=1S/C23H24ClFN2O/c1-23(28,15-4-7-17(25)8-5-15)14-27-21-9-6-16(24)11-19(21)20-12-18-3-2-10-26(18)13-22(20)27/h4-9,11,18,28H,2-3,10,12-14H2,1H3. The number of halogens is 2. The molecule has 0 radical (unpaired) electrons. The lowest BCUT2D eigenvalue weighted by Gasteiger charge is -2.32. The second-order valence-corrected chi connectivity index (χ2v) is 8.86. The number of benzene rings is 2. The summed E-state index contributed by atoms with van der Waals surface area (Å²) in [7, 11) is 0. The largest absolute Gasteiger partial charge is 0.384 e. The number of fused-ring (bicyclic) bond motifs is 4. The topological polar surface area (TPSA) is 28.4 Å². The molecule has 2 aliphatic heterocycles. The Balaban J connectivity index is 1.62. The molecule has 2 aliphatic rings. The van der Waals surface area contributed by atoms with Gasteiger partial charge in [0.1, 0.15) is 11.4 Å². The number of aliphatic hydroxyl groups is 1. The Bertz CT molecular complexity index is 1040. The Morgan fingerprint density at radius 2 is 2.00 bits per heavy atom. The summed E-state index contributed by atoms with van der Waals surface area (Å²) in [6.07, 6.45) is 3.54. The van der Waals surface area contributed by atoms with Crippen molar-refractivity contribution in [3.63, 3.8) is 0 Å². The van der Waals surface area contributed by atoms with Crippen molar-refractivity contribution in [2.24, 2.45) is 0 Å². The lowest BCUT2D eigenvalue weighted by molar-refractivity contribution is 0.0377. The van der Waals surface area contributed by atoms with Crippen molar-refractivity contribution >= 4 is 22.5 Å². The lowest BCUT2D eigenvalue weighted by atomic mass is 9.95. The summed E-state index contributed by atoms with van der Waals surface area (Å²) in [4.78, 5) is 2.56. The first-order valence-electron chi connectivity index (χ1n) is 9.94. The predicted octanol–water partition coefficient (Wildman–Crippen LogP) is 4.86. The summed E-state index contributed by atoms with van der Waals surface area (Å²) in [5.41, 5.74) is 3.37. The molecule has 0 saturated carbocycles. The Labute approximate surface area is 169 Å². The van der Waals surface area contributed by atoms with Crippen molar-refractivity contribution < 1.29 is 9.50 Å². The summed E-state index contributed by atoms with van der Waals surface area (Å²) < 4.78 is 15.6. The molecule has 146 valence electrons. The van der Waals surface area contributed by atoms with E-state index in [1.165, 1.54) is 41.6 Å². The Hall–Kier alpha value is -1.88. The molecular formula is C23H24ClFN2O. The average Bonchev–Trinajstić information content (AvgIpc) is 3.23. The predicted molar refractivity (Wildman–Crippen MR) is 110 cm³/mol. The van der Waals surface area contributed by atoms with Crippen LogP contribution >= 0.6 is 11.6 Å². The van der Waals surface area contributed by atoms with Crippen LogP contribution in [0.25, 0.3) is 10.9 Å². The van der Waals surface area contributed by atoms with Gasteiger partial charge in [-0.25, -0.2) is 4.39 Å². The Morgan fingerprint density at radius 1 is 1.21 bits per heavy atom. The number of nitrogens with zero attached hydrogens (tertiary/aromatic N) is 2. The van der Waals surface area contributed by atoms with Gasteiger partial charge in [-0.2, -0.15) is 0 Å². The SMILES string of the molecule is CC(O)(Cn1c2c(c3cc(Cl)ccc31)CC1CCCN1C2)c1ccc(F)cc1. The first-order chi connectivity index (χ1) is 13.4. The van der Waals surface area contributed by atoms with Crippen molar-refractivity contribution in [2.45, 2.75) is 50.9 Å². The zero-order valence-corrected chi connectivity index (χ0v) is 16.7. The van der Waals surface area contributed by atoms with Gasteiger partial charge in [-0.1, -0.05) is 23.7 Å². The average molecular weight is 399 g/mol. The van der Waals surface area contributed by atoms with E-state index in [1.54, 1.807) is 19.1 Å². The Morgan fingerprint density at radius 3 is 2.79 bits per heavy atom. The van der Waals surface area contributed by atoms with E-state index in [-0.39, 0.29) is 5.82 Å². The van der Waals surface area contributed by atoms with Crippen molar-refractivity contribution in [3.05, 3.63) is 70.1 Å². The van der Waals surface area contributed by atoms with Crippen molar-refractivity contribution in [1.29, 1.82) is 0 Å². The van der Waals surface area contributed by atoms with Crippen LogP contribution in [-0.4, -0.2) is 27.2 Å². The van der Waals surface area contributed by atoms with Crippen LogP contribution in [0.1, 0.15) is 36.6 Å². The molecule has 5 heteroatoms. The van der Waals surface area contributed by atoms with E-state index in [1.807, 2.05) is 6.07 Å². The van der Waals surface area contributed by atoms with Gasteiger partial charge in [-0.15, -0.1) is 0 Å². The van der Waals surface area contributed by atoms with E-state index >= 15 is 0 Å². The van der Waals surface area contributed by atoms with E-state index in [0.717, 1.165) is 30.0 Å². The fourth-order valence-corrected chi connectivity index (χ4v) is 5.18. The molecule has 1 saturated heterocycles. The molecule has 2 aromatic carbocycles. The van der Waals surface area contributed by atoms with Crippen LogP contribution in [0, 0.1) is 5.82 Å². The zero-order valence-electron chi connectivity index (χ0n) is 16.0. The molecule has 2 atom stereocenters. The van der Waals surface area contributed by atoms with E-state index in [0.29, 0.717) is 18.2 Å². The number of hydrogen-bond donors (Lipinski definition) is 1. The van der Waals surface area contributed by atoms with Crippen LogP contribution in [0.3, 0.4) is 0 Å². The van der Waals surface area contributed by atoms with Gasteiger partial charge in [0, 0.05) is 34.2 Å².